The summed E-state index contributed by atoms with van der Waals surface area (Å²) >= 11 is 0. The molecule has 21 heavy (non-hydrogen) atoms. The summed E-state index contributed by atoms with van der Waals surface area (Å²) in [4.78, 5) is 0. The summed E-state index contributed by atoms with van der Waals surface area (Å²) in [5, 5.41) is 4.34. The van der Waals surface area contributed by atoms with Crippen LogP contribution in [-0.4, -0.2) is 9.78 Å². The molecule has 0 fully saturated rings. The third-order valence-corrected chi connectivity index (χ3v) is 3.42. The molecule has 0 aliphatic heterocycles. The molecule has 0 aliphatic rings. The predicted octanol–water partition coefficient (Wildman–Crippen LogP) is 3.39. The van der Waals surface area contributed by atoms with Gasteiger partial charge in [-0.05, 0) is 23.3 Å². The highest BCUT2D eigenvalue weighted by atomic mass is 19.1. The van der Waals surface area contributed by atoms with Gasteiger partial charge in [0.25, 0.3) is 0 Å². The molecule has 1 unspecified atom stereocenters. The molecule has 0 radical (unpaired) electrons. The average molecular weight is 281 g/mol. The summed E-state index contributed by atoms with van der Waals surface area (Å²) in [6, 6.07) is 16.1. The quantitative estimate of drug-likeness (QED) is 0.796. The fourth-order valence-corrected chi connectivity index (χ4v) is 2.26. The van der Waals surface area contributed by atoms with Gasteiger partial charge in [0.2, 0.25) is 0 Å². The monoisotopic (exact) mass is 281 g/mol. The standard InChI is InChI=1S/C17H16FN3/c18-16-8-6-14(7-9-16)17(19)12-21-11-15(10-20-21)13-4-2-1-3-5-13/h1-11,17H,12,19H2. The second-order valence-corrected chi connectivity index (χ2v) is 4.98. The van der Waals surface area contributed by atoms with E-state index in [0.29, 0.717) is 6.54 Å². The van der Waals surface area contributed by atoms with E-state index in [4.69, 9.17) is 5.73 Å². The lowest BCUT2D eigenvalue weighted by Gasteiger charge is -2.11. The average Bonchev–Trinajstić information content (AvgIpc) is 2.97. The molecular weight excluding hydrogens is 265 g/mol. The van der Waals surface area contributed by atoms with Crippen LogP contribution < -0.4 is 5.73 Å². The van der Waals surface area contributed by atoms with E-state index < -0.39 is 0 Å². The van der Waals surface area contributed by atoms with Crippen molar-refractivity contribution in [1.29, 1.82) is 0 Å². The van der Waals surface area contributed by atoms with Gasteiger partial charge in [0.1, 0.15) is 5.82 Å². The number of hydrogen-bond donors (Lipinski definition) is 1. The van der Waals surface area contributed by atoms with Gasteiger partial charge >= 0.3 is 0 Å². The number of rotatable bonds is 4. The number of halogens is 1. The molecule has 4 heteroatoms. The van der Waals surface area contributed by atoms with E-state index in [0.717, 1.165) is 16.7 Å². The molecule has 2 N–H and O–H groups in total. The van der Waals surface area contributed by atoms with Gasteiger partial charge in [0.15, 0.2) is 0 Å². The van der Waals surface area contributed by atoms with Gasteiger partial charge in [0.05, 0.1) is 12.7 Å². The molecular formula is C17H16FN3. The minimum Gasteiger partial charge on any atom is -0.322 e. The second kappa shape index (κ2) is 5.89. The van der Waals surface area contributed by atoms with Crippen LogP contribution in [0.5, 0.6) is 0 Å². The summed E-state index contributed by atoms with van der Waals surface area (Å²) in [5.41, 5.74) is 9.22. The Morgan fingerprint density at radius 1 is 1.00 bits per heavy atom. The molecule has 3 nitrogen and oxygen atoms in total. The van der Waals surface area contributed by atoms with Gasteiger partial charge < -0.3 is 5.73 Å². The van der Waals surface area contributed by atoms with Crippen LogP contribution in [0.3, 0.4) is 0 Å². The lowest BCUT2D eigenvalue weighted by molar-refractivity contribution is 0.526. The molecule has 0 amide bonds. The van der Waals surface area contributed by atoms with Crippen molar-refractivity contribution in [2.24, 2.45) is 5.73 Å². The topological polar surface area (TPSA) is 43.8 Å². The Kier molecular flexibility index (Phi) is 3.79. The first-order chi connectivity index (χ1) is 10.2. The number of nitrogens with two attached hydrogens (primary N) is 1. The molecule has 0 aliphatic carbocycles. The van der Waals surface area contributed by atoms with Crippen molar-refractivity contribution < 1.29 is 4.39 Å². The van der Waals surface area contributed by atoms with E-state index in [-0.39, 0.29) is 11.9 Å². The summed E-state index contributed by atoms with van der Waals surface area (Å²) in [6.07, 6.45) is 3.80. The third-order valence-electron chi connectivity index (χ3n) is 3.42. The van der Waals surface area contributed by atoms with Crippen molar-refractivity contribution in [3.8, 4) is 11.1 Å². The fraction of sp³-hybridized carbons (Fsp3) is 0.118. The SMILES string of the molecule is NC(Cn1cc(-c2ccccc2)cn1)c1ccc(F)cc1. The summed E-state index contributed by atoms with van der Waals surface area (Å²) in [5.74, 6) is -0.253. The largest absolute Gasteiger partial charge is 0.322 e. The highest BCUT2D eigenvalue weighted by Gasteiger charge is 2.08. The lowest BCUT2D eigenvalue weighted by atomic mass is 10.1. The maximum absolute atomic E-state index is 12.9. The van der Waals surface area contributed by atoms with Crippen molar-refractivity contribution in [1.82, 2.24) is 9.78 Å². The second-order valence-electron chi connectivity index (χ2n) is 4.98. The summed E-state index contributed by atoms with van der Waals surface area (Å²) < 4.78 is 14.7. The molecule has 0 saturated carbocycles. The van der Waals surface area contributed by atoms with Gasteiger partial charge in [-0.3, -0.25) is 4.68 Å². The molecule has 1 atom stereocenters. The summed E-state index contributed by atoms with van der Waals surface area (Å²) in [6.45, 7) is 0.554. The molecule has 2 aromatic carbocycles. The Morgan fingerprint density at radius 2 is 1.71 bits per heavy atom. The molecule has 0 bridgehead atoms. The zero-order valence-corrected chi connectivity index (χ0v) is 11.5. The molecule has 1 heterocycles. The molecule has 3 aromatic rings. The number of aromatic nitrogens is 2. The normalized spacial score (nSPS) is 12.3. The van der Waals surface area contributed by atoms with Crippen molar-refractivity contribution in [3.63, 3.8) is 0 Å². The van der Waals surface area contributed by atoms with Gasteiger partial charge in [-0.15, -0.1) is 0 Å². The van der Waals surface area contributed by atoms with E-state index >= 15 is 0 Å². The first-order valence-corrected chi connectivity index (χ1v) is 6.81. The maximum atomic E-state index is 12.9. The Labute approximate surface area is 122 Å². The minimum absolute atomic E-state index is 0.214. The smallest absolute Gasteiger partial charge is 0.123 e. The van der Waals surface area contributed by atoms with Crippen LogP contribution in [0.1, 0.15) is 11.6 Å². The van der Waals surface area contributed by atoms with E-state index in [1.54, 1.807) is 12.1 Å². The van der Waals surface area contributed by atoms with Crippen LogP contribution in [0, 0.1) is 5.82 Å². The molecule has 0 spiro atoms. The van der Waals surface area contributed by atoms with Crippen LogP contribution >= 0.6 is 0 Å². The maximum Gasteiger partial charge on any atom is 0.123 e. The Hall–Kier alpha value is -2.46. The Morgan fingerprint density at radius 3 is 2.43 bits per heavy atom. The van der Waals surface area contributed by atoms with Crippen molar-refractivity contribution >= 4 is 0 Å². The zero-order valence-electron chi connectivity index (χ0n) is 11.5. The first kappa shape index (κ1) is 13.5. The molecule has 1 aromatic heterocycles. The zero-order chi connectivity index (χ0) is 14.7. The van der Waals surface area contributed by atoms with Gasteiger partial charge in [0, 0.05) is 17.8 Å². The van der Waals surface area contributed by atoms with E-state index in [1.165, 1.54) is 12.1 Å². The summed E-state index contributed by atoms with van der Waals surface area (Å²) in [7, 11) is 0. The number of nitrogens with zero attached hydrogens (tertiary/aromatic N) is 2. The van der Waals surface area contributed by atoms with Crippen LogP contribution in [0.2, 0.25) is 0 Å². The Bertz CT molecular complexity index is 704. The van der Waals surface area contributed by atoms with Gasteiger partial charge in [-0.2, -0.15) is 5.10 Å². The molecule has 0 saturated heterocycles. The highest BCUT2D eigenvalue weighted by Crippen LogP contribution is 2.19. The van der Waals surface area contributed by atoms with Crippen molar-refractivity contribution in [3.05, 3.63) is 78.4 Å². The molecule has 106 valence electrons. The van der Waals surface area contributed by atoms with E-state index in [9.17, 15) is 4.39 Å². The fourth-order valence-electron chi connectivity index (χ4n) is 2.26. The van der Waals surface area contributed by atoms with Crippen LogP contribution in [-0.2, 0) is 6.54 Å². The van der Waals surface area contributed by atoms with E-state index in [1.807, 2.05) is 47.4 Å². The lowest BCUT2D eigenvalue weighted by Crippen LogP contribution is -2.17. The number of benzene rings is 2. The Balaban J connectivity index is 1.74. The van der Waals surface area contributed by atoms with Crippen molar-refractivity contribution in [2.75, 3.05) is 0 Å². The first-order valence-electron chi connectivity index (χ1n) is 6.81. The third kappa shape index (κ3) is 3.17. The minimum atomic E-state index is -0.253. The molecule has 3 rings (SSSR count). The predicted molar refractivity (Wildman–Crippen MR) is 81.0 cm³/mol. The van der Waals surface area contributed by atoms with Crippen LogP contribution in [0.4, 0.5) is 4.39 Å². The highest BCUT2D eigenvalue weighted by molar-refractivity contribution is 5.61. The van der Waals surface area contributed by atoms with Crippen molar-refractivity contribution in [2.45, 2.75) is 12.6 Å². The number of hydrogen-bond acceptors (Lipinski definition) is 2. The van der Waals surface area contributed by atoms with Crippen LogP contribution in [0.15, 0.2) is 67.0 Å². The van der Waals surface area contributed by atoms with E-state index in [2.05, 4.69) is 5.10 Å². The van der Waals surface area contributed by atoms with Crippen LogP contribution in [0.25, 0.3) is 11.1 Å². The van der Waals surface area contributed by atoms with Gasteiger partial charge in [-0.25, -0.2) is 4.39 Å². The van der Waals surface area contributed by atoms with Gasteiger partial charge in [-0.1, -0.05) is 42.5 Å².